The summed E-state index contributed by atoms with van der Waals surface area (Å²) in [6.45, 7) is 1.84. The van der Waals surface area contributed by atoms with Crippen molar-refractivity contribution in [1.29, 1.82) is 5.26 Å². The lowest BCUT2D eigenvalue weighted by molar-refractivity contribution is 0.630. The molecule has 0 aliphatic heterocycles. The van der Waals surface area contributed by atoms with Crippen molar-refractivity contribution in [1.82, 2.24) is 0 Å². The van der Waals surface area contributed by atoms with E-state index in [1.807, 2.05) is 30.5 Å². The van der Waals surface area contributed by atoms with Crippen molar-refractivity contribution in [2.75, 3.05) is 5.73 Å². The number of hydrogen-bond donors (Lipinski definition) is 1. The SMILES string of the molecule is Cc1ccc(-c2sc(C#N)c(N)c2-c2cccs2)c(F)c1. The van der Waals surface area contributed by atoms with Gasteiger partial charge in [0.05, 0.1) is 5.69 Å². The maximum atomic E-state index is 14.3. The molecule has 0 unspecified atom stereocenters. The number of nitrogen functional groups attached to an aromatic ring is 1. The lowest BCUT2D eigenvalue weighted by Crippen LogP contribution is -1.89. The van der Waals surface area contributed by atoms with Crippen molar-refractivity contribution in [2.45, 2.75) is 6.92 Å². The number of halogens is 1. The fourth-order valence-electron chi connectivity index (χ4n) is 2.19. The van der Waals surface area contributed by atoms with Gasteiger partial charge in [-0.2, -0.15) is 5.26 Å². The Kier molecular flexibility index (Phi) is 3.50. The van der Waals surface area contributed by atoms with E-state index >= 15 is 0 Å². The molecule has 0 aliphatic carbocycles. The maximum absolute atomic E-state index is 14.3. The highest BCUT2D eigenvalue weighted by Gasteiger charge is 2.21. The minimum atomic E-state index is -0.293. The van der Waals surface area contributed by atoms with E-state index in [1.54, 1.807) is 6.07 Å². The molecule has 0 amide bonds. The number of aryl methyl sites for hydroxylation is 1. The molecule has 1 aromatic carbocycles. The minimum absolute atomic E-state index is 0.293. The molecule has 0 spiro atoms. The highest BCUT2D eigenvalue weighted by Crippen LogP contribution is 2.46. The molecule has 0 bridgehead atoms. The number of anilines is 1. The molecule has 2 N–H and O–H groups in total. The van der Waals surface area contributed by atoms with E-state index in [0.29, 0.717) is 21.0 Å². The molecule has 0 fully saturated rings. The van der Waals surface area contributed by atoms with E-state index < -0.39 is 0 Å². The second-order valence-electron chi connectivity index (χ2n) is 4.62. The van der Waals surface area contributed by atoms with Gasteiger partial charge in [0.25, 0.3) is 0 Å². The van der Waals surface area contributed by atoms with Gasteiger partial charge in [-0.05, 0) is 30.0 Å². The normalized spacial score (nSPS) is 10.5. The van der Waals surface area contributed by atoms with Crippen LogP contribution in [0.3, 0.4) is 0 Å². The summed E-state index contributed by atoms with van der Waals surface area (Å²) in [6.07, 6.45) is 0. The fourth-order valence-corrected chi connectivity index (χ4v) is 4.10. The van der Waals surface area contributed by atoms with Crippen LogP contribution in [-0.2, 0) is 0 Å². The second-order valence-corrected chi connectivity index (χ2v) is 6.59. The van der Waals surface area contributed by atoms with E-state index in [4.69, 9.17) is 5.73 Å². The van der Waals surface area contributed by atoms with Crippen LogP contribution in [0.1, 0.15) is 10.4 Å². The topological polar surface area (TPSA) is 49.8 Å². The van der Waals surface area contributed by atoms with Crippen LogP contribution in [0.2, 0.25) is 0 Å². The fraction of sp³-hybridized carbons (Fsp3) is 0.0625. The molecular weight excluding hydrogens is 303 g/mol. The largest absolute Gasteiger partial charge is 0.396 e. The van der Waals surface area contributed by atoms with Crippen LogP contribution in [0.5, 0.6) is 0 Å². The summed E-state index contributed by atoms with van der Waals surface area (Å²) >= 11 is 2.76. The number of nitrogens with zero attached hydrogens (tertiary/aromatic N) is 1. The first-order valence-corrected chi connectivity index (χ1v) is 7.94. The Hall–Kier alpha value is -2.16. The van der Waals surface area contributed by atoms with Gasteiger partial charge >= 0.3 is 0 Å². The third-order valence-electron chi connectivity index (χ3n) is 3.18. The molecule has 0 atom stereocenters. The quantitative estimate of drug-likeness (QED) is 0.720. The van der Waals surface area contributed by atoms with Crippen LogP contribution in [0.25, 0.3) is 20.9 Å². The van der Waals surface area contributed by atoms with Crippen molar-refractivity contribution in [2.24, 2.45) is 0 Å². The summed E-state index contributed by atoms with van der Waals surface area (Å²) in [7, 11) is 0. The molecule has 104 valence electrons. The van der Waals surface area contributed by atoms with Gasteiger partial charge in [-0.3, -0.25) is 0 Å². The highest BCUT2D eigenvalue weighted by atomic mass is 32.1. The Morgan fingerprint density at radius 1 is 1.29 bits per heavy atom. The Bertz CT molecular complexity index is 842. The molecule has 0 radical (unpaired) electrons. The molecule has 2 aromatic heterocycles. The molecule has 0 aliphatic rings. The number of nitrogens with two attached hydrogens (primary N) is 1. The summed E-state index contributed by atoms with van der Waals surface area (Å²) in [5, 5.41) is 11.1. The maximum Gasteiger partial charge on any atom is 0.132 e. The summed E-state index contributed by atoms with van der Waals surface area (Å²) in [6, 6.07) is 11.0. The van der Waals surface area contributed by atoms with Gasteiger partial charge < -0.3 is 5.73 Å². The molecule has 0 saturated heterocycles. The number of thiophene rings is 2. The average molecular weight is 314 g/mol. The Morgan fingerprint density at radius 3 is 2.71 bits per heavy atom. The van der Waals surface area contributed by atoms with Crippen LogP contribution in [0.15, 0.2) is 35.7 Å². The van der Waals surface area contributed by atoms with Crippen LogP contribution in [0, 0.1) is 24.1 Å². The van der Waals surface area contributed by atoms with E-state index in [-0.39, 0.29) is 5.82 Å². The van der Waals surface area contributed by atoms with Gasteiger partial charge in [-0.15, -0.1) is 22.7 Å². The van der Waals surface area contributed by atoms with Crippen molar-refractivity contribution < 1.29 is 4.39 Å². The molecule has 5 heteroatoms. The van der Waals surface area contributed by atoms with E-state index in [2.05, 4.69) is 6.07 Å². The monoisotopic (exact) mass is 314 g/mol. The molecule has 2 nitrogen and oxygen atoms in total. The average Bonchev–Trinajstić information content (AvgIpc) is 3.06. The Balaban J connectivity index is 2.30. The third kappa shape index (κ3) is 2.33. The van der Waals surface area contributed by atoms with E-state index in [9.17, 15) is 9.65 Å². The highest BCUT2D eigenvalue weighted by molar-refractivity contribution is 7.18. The van der Waals surface area contributed by atoms with Crippen molar-refractivity contribution in [3.05, 3.63) is 52.0 Å². The predicted octanol–water partition coefficient (Wildman–Crippen LogP) is 5.05. The molecule has 0 saturated carbocycles. The lowest BCUT2D eigenvalue weighted by Gasteiger charge is -2.05. The van der Waals surface area contributed by atoms with Gasteiger partial charge in [-0.1, -0.05) is 18.2 Å². The van der Waals surface area contributed by atoms with Gasteiger partial charge in [0.1, 0.15) is 16.8 Å². The smallest absolute Gasteiger partial charge is 0.132 e. The van der Waals surface area contributed by atoms with Gasteiger partial charge in [-0.25, -0.2) is 4.39 Å². The van der Waals surface area contributed by atoms with E-state index in [0.717, 1.165) is 16.0 Å². The van der Waals surface area contributed by atoms with Crippen molar-refractivity contribution in [3.63, 3.8) is 0 Å². The van der Waals surface area contributed by atoms with Gasteiger partial charge in [0, 0.05) is 20.9 Å². The van der Waals surface area contributed by atoms with Gasteiger partial charge in [0.2, 0.25) is 0 Å². The molecular formula is C16H11FN2S2. The van der Waals surface area contributed by atoms with E-state index in [1.165, 1.54) is 28.7 Å². The molecule has 3 rings (SSSR count). The Morgan fingerprint density at radius 2 is 2.10 bits per heavy atom. The zero-order chi connectivity index (χ0) is 15.0. The first-order chi connectivity index (χ1) is 10.1. The summed E-state index contributed by atoms with van der Waals surface area (Å²) in [5.41, 5.74) is 8.63. The van der Waals surface area contributed by atoms with Crippen molar-refractivity contribution in [3.8, 4) is 27.0 Å². The van der Waals surface area contributed by atoms with Crippen LogP contribution in [-0.4, -0.2) is 0 Å². The first kappa shape index (κ1) is 13.8. The predicted molar refractivity (Wildman–Crippen MR) is 86.9 cm³/mol. The summed E-state index contributed by atoms with van der Waals surface area (Å²) in [4.78, 5) is 2.08. The number of hydrogen-bond acceptors (Lipinski definition) is 4. The molecule has 21 heavy (non-hydrogen) atoms. The first-order valence-electron chi connectivity index (χ1n) is 6.24. The van der Waals surface area contributed by atoms with Crippen LogP contribution in [0.4, 0.5) is 10.1 Å². The van der Waals surface area contributed by atoms with Gasteiger partial charge in [0.15, 0.2) is 0 Å². The summed E-state index contributed by atoms with van der Waals surface area (Å²) in [5.74, 6) is -0.293. The zero-order valence-corrected chi connectivity index (χ0v) is 12.8. The molecule has 3 aromatic rings. The van der Waals surface area contributed by atoms with Crippen molar-refractivity contribution >= 4 is 28.4 Å². The van der Waals surface area contributed by atoms with Crippen LogP contribution < -0.4 is 5.73 Å². The minimum Gasteiger partial charge on any atom is -0.396 e. The Labute approximate surface area is 129 Å². The number of benzene rings is 1. The molecule has 2 heterocycles. The summed E-state index contributed by atoms with van der Waals surface area (Å²) < 4.78 is 14.3. The second kappa shape index (κ2) is 5.32. The lowest BCUT2D eigenvalue weighted by atomic mass is 10.0. The standard InChI is InChI=1S/C16H11FN2S2/c1-9-4-5-10(11(17)7-9)16-14(12-3-2-6-20-12)15(19)13(8-18)21-16/h2-7H,19H2,1H3. The number of rotatable bonds is 2. The third-order valence-corrected chi connectivity index (χ3v) is 5.21. The zero-order valence-electron chi connectivity index (χ0n) is 11.2. The number of nitriles is 1. The van der Waals surface area contributed by atoms with Crippen LogP contribution >= 0.6 is 22.7 Å².